The van der Waals surface area contributed by atoms with Crippen LogP contribution in [0.3, 0.4) is 0 Å². The van der Waals surface area contributed by atoms with Crippen LogP contribution in [0.4, 0.5) is 0 Å². The van der Waals surface area contributed by atoms with Gasteiger partial charge in [0.15, 0.2) is 5.69 Å². The fourth-order valence-corrected chi connectivity index (χ4v) is 0.935. The van der Waals surface area contributed by atoms with Gasteiger partial charge in [-0.05, 0) is 6.92 Å². The summed E-state index contributed by atoms with van der Waals surface area (Å²) >= 11 is 0. The molecule has 0 fully saturated rings. The number of amides is 2. The van der Waals surface area contributed by atoms with Crippen molar-refractivity contribution in [3.63, 3.8) is 0 Å². The first-order chi connectivity index (χ1) is 6.61. The largest absolute Gasteiger partial charge is 0.412 e. The SMILES string of the molecule is Cc1onc(C(=O)NN)c1C(=O)NN.O. The minimum atomic E-state index is -0.722. The van der Waals surface area contributed by atoms with Crippen molar-refractivity contribution in [1.82, 2.24) is 16.0 Å². The Morgan fingerprint density at radius 1 is 1.27 bits per heavy atom. The zero-order chi connectivity index (χ0) is 10.7. The first kappa shape index (κ1) is 13.0. The molecule has 1 rings (SSSR count). The summed E-state index contributed by atoms with van der Waals surface area (Å²) < 4.78 is 4.66. The molecule has 0 atom stereocenters. The van der Waals surface area contributed by atoms with E-state index in [2.05, 4.69) is 9.68 Å². The van der Waals surface area contributed by atoms with Crippen LogP contribution in [0.15, 0.2) is 4.52 Å². The second kappa shape index (κ2) is 5.05. The summed E-state index contributed by atoms with van der Waals surface area (Å²) in [7, 11) is 0. The first-order valence-corrected chi connectivity index (χ1v) is 3.60. The highest BCUT2D eigenvalue weighted by Crippen LogP contribution is 2.12. The van der Waals surface area contributed by atoms with Gasteiger partial charge in [-0.15, -0.1) is 0 Å². The molecule has 0 aliphatic rings. The van der Waals surface area contributed by atoms with Crippen LogP contribution in [-0.2, 0) is 0 Å². The predicted molar refractivity (Wildman–Crippen MR) is 48.2 cm³/mol. The zero-order valence-corrected chi connectivity index (χ0v) is 7.83. The van der Waals surface area contributed by atoms with Crippen molar-refractivity contribution >= 4 is 11.8 Å². The average Bonchev–Trinajstić information content (AvgIpc) is 2.58. The molecule has 0 unspecified atom stereocenters. The van der Waals surface area contributed by atoms with Gasteiger partial charge in [-0.3, -0.25) is 20.4 Å². The summed E-state index contributed by atoms with van der Waals surface area (Å²) in [5.41, 5.74) is 3.47. The highest BCUT2D eigenvalue weighted by Gasteiger charge is 2.24. The summed E-state index contributed by atoms with van der Waals surface area (Å²) in [5, 5.41) is 3.37. The second-order valence-corrected chi connectivity index (χ2v) is 2.41. The van der Waals surface area contributed by atoms with Crippen molar-refractivity contribution in [2.24, 2.45) is 11.7 Å². The number of nitrogens with two attached hydrogens (primary N) is 2. The number of hydrogen-bond donors (Lipinski definition) is 4. The second-order valence-electron chi connectivity index (χ2n) is 2.41. The normalized spacial score (nSPS) is 9.00. The van der Waals surface area contributed by atoms with Gasteiger partial charge in [0.1, 0.15) is 11.3 Å². The zero-order valence-electron chi connectivity index (χ0n) is 7.83. The van der Waals surface area contributed by atoms with E-state index in [9.17, 15) is 9.59 Å². The van der Waals surface area contributed by atoms with Gasteiger partial charge in [-0.25, -0.2) is 11.7 Å². The lowest BCUT2D eigenvalue weighted by atomic mass is 10.2. The van der Waals surface area contributed by atoms with E-state index in [4.69, 9.17) is 11.7 Å². The molecule has 2 amide bonds. The van der Waals surface area contributed by atoms with Crippen LogP contribution in [0, 0.1) is 6.92 Å². The van der Waals surface area contributed by atoms with Crippen LogP contribution in [0.1, 0.15) is 26.6 Å². The summed E-state index contributed by atoms with van der Waals surface area (Å²) in [4.78, 5) is 22.3. The number of nitrogens with one attached hydrogen (secondary N) is 2. The fourth-order valence-electron chi connectivity index (χ4n) is 0.935. The van der Waals surface area contributed by atoms with E-state index in [0.717, 1.165) is 0 Å². The molecule has 0 aromatic carbocycles. The van der Waals surface area contributed by atoms with Gasteiger partial charge >= 0.3 is 0 Å². The number of nitrogen functional groups attached to an aromatic ring is 2. The molecule has 0 aliphatic heterocycles. The minimum absolute atomic E-state index is 0. The topological polar surface area (TPSA) is 168 Å². The molecule has 0 bridgehead atoms. The van der Waals surface area contributed by atoms with Crippen LogP contribution in [-0.4, -0.2) is 22.4 Å². The molecule has 0 saturated heterocycles. The Bertz CT molecular complexity index is 374. The Labute approximate surface area is 84.0 Å². The highest BCUT2D eigenvalue weighted by atomic mass is 16.5. The van der Waals surface area contributed by atoms with Crippen LogP contribution in [0.2, 0.25) is 0 Å². The van der Waals surface area contributed by atoms with Gasteiger partial charge in [-0.1, -0.05) is 5.16 Å². The third-order valence-corrected chi connectivity index (χ3v) is 1.57. The summed E-state index contributed by atoms with van der Waals surface area (Å²) in [6.45, 7) is 1.48. The first-order valence-electron chi connectivity index (χ1n) is 3.60. The fraction of sp³-hybridized carbons (Fsp3) is 0.167. The molecule has 0 saturated carbocycles. The Kier molecular flexibility index (Phi) is 4.38. The number of aromatic nitrogens is 1. The molecule has 9 nitrogen and oxygen atoms in total. The Balaban J connectivity index is 0.00000196. The van der Waals surface area contributed by atoms with Crippen molar-refractivity contribution in [3.05, 3.63) is 17.0 Å². The molecule has 1 aromatic heterocycles. The molecular formula is C6H11N5O4. The van der Waals surface area contributed by atoms with Crippen LogP contribution < -0.4 is 22.5 Å². The summed E-state index contributed by atoms with van der Waals surface area (Å²) in [6.07, 6.45) is 0. The van der Waals surface area contributed by atoms with Crippen molar-refractivity contribution in [2.75, 3.05) is 0 Å². The number of carbonyl (C=O) groups is 2. The van der Waals surface area contributed by atoms with Crippen LogP contribution in [0.5, 0.6) is 0 Å². The van der Waals surface area contributed by atoms with Gasteiger partial charge in [-0.2, -0.15) is 0 Å². The number of hydrazine groups is 2. The van der Waals surface area contributed by atoms with Crippen LogP contribution >= 0.6 is 0 Å². The van der Waals surface area contributed by atoms with Gasteiger partial charge in [0, 0.05) is 0 Å². The molecule has 15 heavy (non-hydrogen) atoms. The lowest BCUT2D eigenvalue weighted by Gasteiger charge is -1.98. The number of rotatable bonds is 2. The average molecular weight is 217 g/mol. The maximum absolute atomic E-state index is 11.2. The number of carbonyl (C=O) groups excluding carboxylic acids is 2. The van der Waals surface area contributed by atoms with Crippen molar-refractivity contribution in [2.45, 2.75) is 6.92 Å². The van der Waals surface area contributed by atoms with Crippen molar-refractivity contribution < 1.29 is 19.6 Å². The standard InChI is InChI=1S/C6H9N5O3.H2O/c1-2-3(5(12)9-7)4(11-14-2)6(13)10-8;/h7-8H2,1H3,(H,9,12)(H,10,13);1H2. The molecule has 0 aliphatic carbocycles. The molecule has 0 spiro atoms. The maximum atomic E-state index is 11.2. The summed E-state index contributed by atoms with van der Waals surface area (Å²) in [5.74, 6) is 8.59. The van der Waals surface area contributed by atoms with E-state index in [1.807, 2.05) is 10.9 Å². The molecule has 1 aromatic rings. The van der Waals surface area contributed by atoms with E-state index in [1.165, 1.54) is 6.92 Å². The molecule has 9 heteroatoms. The molecular weight excluding hydrogens is 206 g/mol. The van der Waals surface area contributed by atoms with Gasteiger partial charge in [0.2, 0.25) is 0 Å². The van der Waals surface area contributed by atoms with Crippen molar-refractivity contribution in [1.29, 1.82) is 0 Å². The number of hydrogen-bond acceptors (Lipinski definition) is 6. The minimum Gasteiger partial charge on any atom is -0.412 e. The monoisotopic (exact) mass is 217 g/mol. The molecule has 84 valence electrons. The van der Waals surface area contributed by atoms with Crippen molar-refractivity contribution in [3.8, 4) is 0 Å². The molecule has 8 N–H and O–H groups in total. The van der Waals surface area contributed by atoms with Gasteiger partial charge in [0.25, 0.3) is 11.8 Å². The van der Waals surface area contributed by atoms with E-state index >= 15 is 0 Å². The maximum Gasteiger partial charge on any atom is 0.288 e. The third-order valence-electron chi connectivity index (χ3n) is 1.57. The lowest BCUT2D eigenvalue weighted by molar-refractivity contribution is 0.0916. The summed E-state index contributed by atoms with van der Waals surface area (Å²) in [6, 6.07) is 0. The quantitative estimate of drug-likeness (QED) is 0.240. The Morgan fingerprint density at radius 2 is 1.80 bits per heavy atom. The number of nitrogens with zero attached hydrogens (tertiary/aromatic N) is 1. The lowest BCUT2D eigenvalue weighted by Crippen LogP contribution is -2.35. The Hall–Kier alpha value is -1.97. The molecule has 1 heterocycles. The van der Waals surface area contributed by atoms with E-state index in [0.29, 0.717) is 0 Å². The van der Waals surface area contributed by atoms with E-state index in [-0.39, 0.29) is 22.5 Å². The third kappa shape index (κ3) is 2.28. The van der Waals surface area contributed by atoms with E-state index in [1.54, 1.807) is 0 Å². The van der Waals surface area contributed by atoms with Crippen LogP contribution in [0.25, 0.3) is 0 Å². The van der Waals surface area contributed by atoms with Gasteiger partial charge in [0.05, 0.1) is 0 Å². The Morgan fingerprint density at radius 3 is 2.27 bits per heavy atom. The predicted octanol–water partition coefficient (Wildman–Crippen LogP) is -2.63. The number of aryl methyl sites for hydroxylation is 1. The molecule has 0 radical (unpaired) electrons. The smallest absolute Gasteiger partial charge is 0.288 e. The van der Waals surface area contributed by atoms with E-state index < -0.39 is 11.8 Å². The van der Waals surface area contributed by atoms with Gasteiger partial charge < -0.3 is 10.00 Å². The highest BCUT2D eigenvalue weighted by molar-refractivity contribution is 6.06.